The van der Waals surface area contributed by atoms with Crippen molar-refractivity contribution in [3.05, 3.63) is 41.9 Å². The van der Waals surface area contributed by atoms with E-state index in [9.17, 15) is 19.1 Å². The molecule has 3 N–H and O–H groups in total. The highest BCUT2D eigenvalue weighted by Crippen LogP contribution is 2.33. The Morgan fingerprint density at radius 1 is 1.21 bits per heavy atom. The van der Waals surface area contributed by atoms with Crippen molar-refractivity contribution in [1.82, 2.24) is 10.1 Å². The Morgan fingerprint density at radius 2 is 1.79 bits per heavy atom. The van der Waals surface area contributed by atoms with Crippen LogP contribution in [-0.4, -0.2) is 56.6 Å². The van der Waals surface area contributed by atoms with Crippen molar-refractivity contribution in [2.24, 2.45) is 5.92 Å². The van der Waals surface area contributed by atoms with E-state index in [2.05, 4.69) is 10.1 Å². The number of nitrogens with zero attached hydrogens (tertiary/aromatic N) is 2. The largest absolute Gasteiger partial charge is 0.478 e. The van der Waals surface area contributed by atoms with E-state index in [1.54, 1.807) is 6.07 Å². The number of carboxylic acid groups (broad SMARTS) is 2. The molecule has 0 bridgehead atoms. The number of rotatable bonds is 5. The van der Waals surface area contributed by atoms with E-state index in [1.165, 1.54) is 12.1 Å². The highest BCUT2D eigenvalue weighted by molar-refractivity contribution is 5.89. The summed E-state index contributed by atoms with van der Waals surface area (Å²) in [5, 5.41) is 30.8. The Balaban J connectivity index is 0.000000321. The zero-order valence-corrected chi connectivity index (χ0v) is 16.3. The molecular formula is C20H25FN2O6. The number of hydrogen-bond acceptors (Lipinski definition) is 6. The van der Waals surface area contributed by atoms with E-state index in [4.69, 9.17) is 14.7 Å². The van der Waals surface area contributed by atoms with Crippen LogP contribution in [0.15, 0.2) is 34.9 Å². The summed E-state index contributed by atoms with van der Waals surface area (Å²) in [6.07, 6.45) is 2.60. The number of aliphatic hydroxyl groups is 1. The monoisotopic (exact) mass is 408 g/mol. The second-order valence-electron chi connectivity index (χ2n) is 7.19. The summed E-state index contributed by atoms with van der Waals surface area (Å²) in [6, 6.07) is 4.57. The number of aliphatic hydroxyl groups excluding tert-OH is 1. The van der Waals surface area contributed by atoms with E-state index in [0.717, 1.165) is 37.0 Å². The van der Waals surface area contributed by atoms with E-state index in [0.29, 0.717) is 23.7 Å². The SMILES string of the molecule is CC(C)C(O)N1CCC(c2noc3cc(F)ccc23)CC1.O=C(O)C=CC(=O)O. The molecule has 0 amide bonds. The fraction of sp³-hybridized carbons (Fsp3) is 0.450. The predicted octanol–water partition coefficient (Wildman–Crippen LogP) is 2.83. The molecule has 1 fully saturated rings. The van der Waals surface area contributed by atoms with E-state index >= 15 is 0 Å². The number of benzene rings is 1. The van der Waals surface area contributed by atoms with Crippen LogP contribution in [0, 0.1) is 11.7 Å². The third-order valence-electron chi connectivity index (χ3n) is 4.72. The minimum atomic E-state index is -1.26. The first-order chi connectivity index (χ1) is 13.7. The van der Waals surface area contributed by atoms with E-state index < -0.39 is 11.9 Å². The van der Waals surface area contributed by atoms with E-state index in [1.807, 2.05) is 13.8 Å². The molecule has 0 spiro atoms. The van der Waals surface area contributed by atoms with Gasteiger partial charge < -0.3 is 19.8 Å². The minimum Gasteiger partial charge on any atom is -0.478 e. The third-order valence-corrected chi connectivity index (χ3v) is 4.72. The van der Waals surface area contributed by atoms with Gasteiger partial charge >= 0.3 is 11.9 Å². The molecule has 1 unspecified atom stereocenters. The molecule has 1 aromatic carbocycles. The summed E-state index contributed by atoms with van der Waals surface area (Å²) >= 11 is 0. The summed E-state index contributed by atoms with van der Waals surface area (Å²) in [7, 11) is 0. The lowest BCUT2D eigenvalue weighted by Crippen LogP contribution is -2.43. The first-order valence-electron chi connectivity index (χ1n) is 9.30. The molecule has 1 aromatic heterocycles. The molecule has 9 heteroatoms. The molecule has 3 rings (SSSR count). The van der Waals surface area contributed by atoms with Gasteiger partial charge in [-0.2, -0.15) is 0 Å². The van der Waals surface area contributed by atoms with Crippen LogP contribution in [-0.2, 0) is 9.59 Å². The number of piperidine rings is 1. The van der Waals surface area contributed by atoms with Gasteiger partial charge in [-0.05, 0) is 30.9 Å². The Hall–Kier alpha value is -2.78. The average Bonchev–Trinajstić information content (AvgIpc) is 3.09. The molecular weight excluding hydrogens is 383 g/mol. The maximum atomic E-state index is 13.2. The number of halogens is 1. The number of fused-ring (bicyclic) bond motifs is 1. The van der Waals surface area contributed by atoms with Crippen molar-refractivity contribution in [3.8, 4) is 0 Å². The average molecular weight is 408 g/mol. The second-order valence-corrected chi connectivity index (χ2v) is 7.19. The minimum absolute atomic E-state index is 0.234. The van der Waals surface area contributed by atoms with Crippen molar-refractivity contribution < 1.29 is 33.8 Å². The molecule has 0 aliphatic carbocycles. The van der Waals surface area contributed by atoms with Crippen LogP contribution in [0.3, 0.4) is 0 Å². The number of hydrogen-bond donors (Lipinski definition) is 3. The molecule has 1 atom stereocenters. The number of aliphatic carboxylic acids is 2. The summed E-state index contributed by atoms with van der Waals surface area (Å²) in [5.41, 5.74) is 1.43. The predicted molar refractivity (Wildman–Crippen MR) is 103 cm³/mol. The van der Waals surface area contributed by atoms with Gasteiger partial charge in [0.05, 0.1) is 5.69 Å². The van der Waals surface area contributed by atoms with Crippen LogP contribution in [0.5, 0.6) is 0 Å². The van der Waals surface area contributed by atoms with Gasteiger partial charge in [-0.25, -0.2) is 14.0 Å². The highest BCUT2D eigenvalue weighted by atomic mass is 19.1. The van der Waals surface area contributed by atoms with Gasteiger partial charge in [0.25, 0.3) is 0 Å². The molecule has 1 aliphatic rings. The van der Waals surface area contributed by atoms with Gasteiger partial charge in [-0.15, -0.1) is 0 Å². The topological polar surface area (TPSA) is 124 Å². The second kappa shape index (κ2) is 10.1. The molecule has 2 heterocycles. The molecule has 29 heavy (non-hydrogen) atoms. The molecule has 2 aromatic rings. The first kappa shape index (κ1) is 22.5. The summed E-state index contributed by atoms with van der Waals surface area (Å²) in [6.45, 7) is 5.74. The third kappa shape index (κ3) is 6.37. The Bertz CT molecular complexity index is 855. The molecule has 158 valence electrons. The standard InChI is InChI=1S/C16H21FN2O2.C4H4O4/c1-10(2)16(20)19-7-5-11(6-8-19)15-13-4-3-12(17)9-14(13)21-18-15;5-3(6)1-2-4(7)8/h3-4,9-11,16,20H,5-8H2,1-2H3;1-2H,(H,5,6)(H,7,8). The summed E-state index contributed by atoms with van der Waals surface area (Å²) in [4.78, 5) is 21.2. The number of likely N-dealkylation sites (tertiary alicyclic amines) is 1. The number of carbonyl (C=O) groups is 2. The molecule has 8 nitrogen and oxygen atoms in total. The van der Waals surface area contributed by atoms with Crippen molar-refractivity contribution >= 4 is 22.9 Å². The molecule has 0 saturated carbocycles. The smallest absolute Gasteiger partial charge is 0.328 e. The molecule has 1 saturated heterocycles. The zero-order valence-electron chi connectivity index (χ0n) is 16.3. The Morgan fingerprint density at radius 3 is 2.31 bits per heavy atom. The van der Waals surface area contributed by atoms with Crippen molar-refractivity contribution in [1.29, 1.82) is 0 Å². The van der Waals surface area contributed by atoms with Crippen LogP contribution >= 0.6 is 0 Å². The Labute approximate surface area is 167 Å². The van der Waals surface area contributed by atoms with Crippen molar-refractivity contribution in [3.63, 3.8) is 0 Å². The lowest BCUT2D eigenvalue weighted by Gasteiger charge is -2.36. The maximum Gasteiger partial charge on any atom is 0.328 e. The van der Waals surface area contributed by atoms with Crippen LogP contribution in [0.1, 0.15) is 38.3 Å². The van der Waals surface area contributed by atoms with Crippen LogP contribution in [0.2, 0.25) is 0 Å². The molecule has 1 aliphatic heterocycles. The summed E-state index contributed by atoms with van der Waals surface area (Å²) < 4.78 is 18.4. The van der Waals surface area contributed by atoms with Gasteiger partial charge in [0.1, 0.15) is 12.0 Å². The first-order valence-corrected chi connectivity index (χ1v) is 9.30. The fourth-order valence-electron chi connectivity index (χ4n) is 3.23. The van der Waals surface area contributed by atoms with Crippen LogP contribution in [0.4, 0.5) is 4.39 Å². The highest BCUT2D eigenvalue weighted by Gasteiger charge is 2.28. The van der Waals surface area contributed by atoms with Gasteiger partial charge in [0.15, 0.2) is 5.58 Å². The zero-order chi connectivity index (χ0) is 21.6. The lowest BCUT2D eigenvalue weighted by atomic mass is 9.91. The van der Waals surface area contributed by atoms with Gasteiger partial charge in [-0.1, -0.05) is 19.0 Å². The quantitative estimate of drug-likeness (QED) is 0.645. The van der Waals surface area contributed by atoms with Gasteiger partial charge in [-0.3, -0.25) is 4.90 Å². The van der Waals surface area contributed by atoms with Gasteiger partial charge in [0.2, 0.25) is 0 Å². The van der Waals surface area contributed by atoms with E-state index in [-0.39, 0.29) is 18.0 Å². The fourth-order valence-corrected chi connectivity index (χ4v) is 3.23. The maximum absolute atomic E-state index is 13.2. The van der Waals surface area contributed by atoms with Crippen molar-refractivity contribution in [2.45, 2.75) is 38.8 Å². The summed E-state index contributed by atoms with van der Waals surface area (Å²) in [5.74, 6) is -2.27. The normalized spacial score (nSPS) is 16.7. The Kier molecular flexibility index (Phi) is 7.86. The van der Waals surface area contributed by atoms with Crippen molar-refractivity contribution in [2.75, 3.05) is 13.1 Å². The van der Waals surface area contributed by atoms with Crippen LogP contribution < -0.4 is 0 Å². The number of aromatic nitrogens is 1. The lowest BCUT2D eigenvalue weighted by molar-refractivity contribution is -0.134. The van der Waals surface area contributed by atoms with Crippen LogP contribution in [0.25, 0.3) is 11.0 Å². The van der Waals surface area contributed by atoms with Gasteiger partial charge in [0, 0.05) is 42.6 Å². The molecule has 0 radical (unpaired) electrons. The number of carboxylic acids is 2.